The molecule has 0 aliphatic heterocycles. The van der Waals surface area contributed by atoms with E-state index in [1.807, 2.05) is 0 Å². The molecule has 0 bridgehead atoms. The van der Waals surface area contributed by atoms with Crippen LogP contribution in [0.2, 0.25) is 0 Å². The smallest absolute Gasteiger partial charge is 0.328 e. The molecule has 26 heavy (non-hydrogen) atoms. The Morgan fingerprint density at radius 1 is 1.23 bits per heavy atom. The van der Waals surface area contributed by atoms with Gasteiger partial charge in [-0.1, -0.05) is 17.8 Å². The van der Waals surface area contributed by atoms with E-state index in [0.717, 1.165) is 0 Å². The highest BCUT2D eigenvalue weighted by molar-refractivity contribution is 5.97. The molecule has 2 N–H and O–H groups in total. The number of aromatic amines is 1. The van der Waals surface area contributed by atoms with E-state index >= 15 is 0 Å². The van der Waals surface area contributed by atoms with Gasteiger partial charge in [-0.3, -0.25) is 4.79 Å². The van der Waals surface area contributed by atoms with E-state index in [2.05, 4.69) is 33.0 Å². The number of benzene rings is 1. The van der Waals surface area contributed by atoms with E-state index in [4.69, 9.17) is 24.0 Å². The van der Waals surface area contributed by atoms with Gasteiger partial charge in [0, 0.05) is 35.0 Å². The number of amides is 1. The Kier molecular flexibility index (Phi) is 5.83. The standard InChI is InChI=1S/C20H15N3O3/c1-5-13-8-15(9-14(6-2)17(13)7-3)19(24)23-18(20(25)26-4)10-16-11-21-12-22-16/h1-3,8-9,11-12,18H,10H2,4H3,(H,21,22)(H,23,24)/t18-/m1/s1. The molecular weight excluding hydrogens is 330 g/mol. The summed E-state index contributed by atoms with van der Waals surface area (Å²) in [5, 5.41) is 2.61. The molecule has 0 spiro atoms. The average Bonchev–Trinajstić information content (AvgIpc) is 3.18. The lowest BCUT2D eigenvalue weighted by Gasteiger charge is -2.16. The molecule has 0 unspecified atom stereocenters. The van der Waals surface area contributed by atoms with Crippen LogP contribution in [0, 0.1) is 37.0 Å². The van der Waals surface area contributed by atoms with Crippen LogP contribution in [0.25, 0.3) is 0 Å². The summed E-state index contributed by atoms with van der Waals surface area (Å²) in [5.41, 5.74) is 1.89. The number of carbonyl (C=O) groups is 2. The van der Waals surface area contributed by atoms with Crippen LogP contribution in [0.5, 0.6) is 0 Å². The molecule has 6 nitrogen and oxygen atoms in total. The minimum atomic E-state index is -0.913. The Morgan fingerprint density at radius 2 is 1.88 bits per heavy atom. The second-order valence-corrected chi connectivity index (χ2v) is 5.21. The molecule has 1 heterocycles. The van der Waals surface area contributed by atoms with Crippen LogP contribution in [-0.2, 0) is 16.0 Å². The Morgan fingerprint density at radius 3 is 2.35 bits per heavy atom. The predicted octanol–water partition coefficient (Wildman–Crippen LogP) is 0.868. The second-order valence-electron chi connectivity index (χ2n) is 5.21. The highest BCUT2D eigenvalue weighted by Gasteiger charge is 2.24. The molecular formula is C20H15N3O3. The first kappa shape index (κ1) is 18.4. The van der Waals surface area contributed by atoms with Crippen LogP contribution < -0.4 is 5.32 Å². The van der Waals surface area contributed by atoms with Gasteiger partial charge in [0.25, 0.3) is 5.91 Å². The van der Waals surface area contributed by atoms with Crippen molar-refractivity contribution >= 4 is 11.9 Å². The zero-order valence-corrected chi connectivity index (χ0v) is 14.0. The lowest BCUT2D eigenvalue weighted by Crippen LogP contribution is -2.43. The van der Waals surface area contributed by atoms with Crippen molar-refractivity contribution in [1.82, 2.24) is 15.3 Å². The van der Waals surface area contributed by atoms with Crippen molar-refractivity contribution in [3.8, 4) is 37.0 Å². The SMILES string of the molecule is C#Cc1cc(C(=O)N[C@H](Cc2cnc[nH]2)C(=O)OC)cc(C#C)c1C#C. The van der Waals surface area contributed by atoms with Gasteiger partial charge < -0.3 is 15.0 Å². The lowest BCUT2D eigenvalue weighted by atomic mass is 9.98. The van der Waals surface area contributed by atoms with Crippen LogP contribution in [0.1, 0.15) is 32.7 Å². The van der Waals surface area contributed by atoms with E-state index in [-0.39, 0.29) is 12.0 Å². The fourth-order valence-corrected chi connectivity index (χ4v) is 2.35. The molecule has 0 saturated carbocycles. The summed E-state index contributed by atoms with van der Waals surface area (Å²) in [5.74, 6) is 6.14. The Hall–Kier alpha value is -3.95. The van der Waals surface area contributed by atoms with Crippen LogP contribution in [0.3, 0.4) is 0 Å². The number of nitrogens with one attached hydrogen (secondary N) is 2. The molecule has 0 saturated heterocycles. The van der Waals surface area contributed by atoms with Crippen LogP contribution in [0.15, 0.2) is 24.7 Å². The van der Waals surface area contributed by atoms with E-state index in [0.29, 0.717) is 22.4 Å². The van der Waals surface area contributed by atoms with Crippen molar-refractivity contribution in [1.29, 1.82) is 0 Å². The van der Waals surface area contributed by atoms with Crippen molar-refractivity contribution in [3.63, 3.8) is 0 Å². The second kappa shape index (κ2) is 8.24. The molecule has 0 fully saturated rings. The molecule has 0 aliphatic carbocycles. The highest BCUT2D eigenvalue weighted by atomic mass is 16.5. The number of methoxy groups -OCH3 is 1. The molecule has 1 aromatic heterocycles. The molecule has 1 amide bonds. The van der Waals surface area contributed by atoms with Gasteiger partial charge in [-0.25, -0.2) is 9.78 Å². The Labute approximate surface area is 151 Å². The summed E-state index contributed by atoms with van der Waals surface area (Å²) in [4.78, 5) is 31.3. The van der Waals surface area contributed by atoms with E-state index in [1.54, 1.807) is 6.20 Å². The van der Waals surface area contributed by atoms with Crippen LogP contribution in [0.4, 0.5) is 0 Å². The van der Waals surface area contributed by atoms with Gasteiger partial charge in [0.1, 0.15) is 6.04 Å². The number of H-pyrrole nitrogens is 1. The Bertz CT molecular complexity index is 919. The van der Waals surface area contributed by atoms with Gasteiger partial charge in [0.15, 0.2) is 0 Å². The summed E-state index contributed by atoms with van der Waals surface area (Å²) in [7, 11) is 1.24. The van der Waals surface area contributed by atoms with E-state index in [9.17, 15) is 9.59 Å². The molecule has 0 aliphatic rings. The first-order valence-electron chi connectivity index (χ1n) is 7.47. The van der Waals surface area contributed by atoms with Crippen molar-refractivity contribution in [3.05, 3.63) is 52.6 Å². The fraction of sp³-hybridized carbons (Fsp3) is 0.150. The van der Waals surface area contributed by atoms with Gasteiger partial charge in [-0.2, -0.15) is 0 Å². The van der Waals surface area contributed by atoms with Gasteiger partial charge in [-0.15, -0.1) is 19.3 Å². The van der Waals surface area contributed by atoms with E-state index in [1.165, 1.54) is 25.6 Å². The molecule has 2 rings (SSSR count). The third kappa shape index (κ3) is 3.93. The molecule has 128 valence electrons. The van der Waals surface area contributed by atoms with Gasteiger partial charge >= 0.3 is 5.97 Å². The third-order valence-electron chi connectivity index (χ3n) is 3.63. The number of hydrogen-bond acceptors (Lipinski definition) is 4. The number of nitrogens with zero attached hydrogens (tertiary/aromatic N) is 1. The molecule has 1 aromatic carbocycles. The maximum Gasteiger partial charge on any atom is 0.328 e. The fourth-order valence-electron chi connectivity index (χ4n) is 2.35. The zero-order valence-electron chi connectivity index (χ0n) is 14.0. The topological polar surface area (TPSA) is 84.1 Å². The van der Waals surface area contributed by atoms with Crippen molar-refractivity contribution in [2.24, 2.45) is 0 Å². The van der Waals surface area contributed by atoms with Crippen LogP contribution >= 0.6 is 0 Å². The molecule has 0 radical (unpaired) electrons. The summed E-state index contributed by atoms with van der Waals surface area (Å²) >= 11 is 0. The quantitative estimate of drug-likeness (QED) is 0.622. The predicted molar refractivity (Wildman–Crippen MR) is 95.8 cm³/mol. The monoisotopic (exact) mass is 345 g/mol. The molecule has 2 aromatic rings. The van der Waals surface area contributed by atoms with Crippen LogP contribution in [-0.4, -0.2) is 35.0 Å². The molecule has 1 atom stereocenters. The number of ether oxygens (including phenoxy) is 1. The summed E-state index contributed by atoms with van der Waals surface area (Å²) in [6.45, 7) is 0. The average molecular weight is 345 g/mol. The summed E-state index contributed by atoms with van der Waals surface area (Å²) in [6, 6.07) is 2.00. The first-order chi connectivity index (χ1) is 12.5. The maximum absolute atomic E-state index is 12.6. The maximum atomic E-state index is 12.6. The minimum Gasteiger partial charge on any atom is -0.467 e. The van der Waals surface area contributed by atoms with Crippen molar-refractivity contribution in [2.75, 3.05) is 7.11 Å². The third-order valence-corrected chi connectivity index (χ3v) is 3.63. The summed E-state index contributed by atoms with van der Waals surface area (Å²) < 4.78 is 4.75. The van der Waals surface area contributed by atoms with Gasteiger partial charge in [0.2, 0.25) is 0 Å². The number of esters is 1. The number of carbonyl (C=O) groups excluding carboxylic acids is 2. The van der Waals surface area contributed by atoms with Gasteiger partial charge in [-0.05, 0) is 12.1 Å². The number of terminal acetylenes is 3. The zero-order chi connectivity index (χ0) is 19.1. The largest absolute Gasteiger partial charge is 0.467 e. The van der Waals surface area contributed by atoms with Gasteiger partial charge in [0.05, 0.1) is 19.0 Å². The highest BCUT2D eigenvalue weighted by Crippen LogP contribution is 2.16. The number of hydrogen-bond donors (Lipinski definition) is 2. The summed E-state index contributed by atoms with van der Waals surface area (Å²) in [6.07, 6.45) is 19.5. The minimum absolute atomic E-state index is 0.185. The number of aromatic nitrogens is 2. The Balaban J connectivity index is 2.32. The molecule has 6 heteroatoms. The number of imidazole rings is 1. The normalized spacial score (nSPS) is 10.7. The first-order valence-corrected chi connectivity index (χ1v) is 7.47. The lowest BCUT2D eigenvalue weighted by molar-refractivity contribution is -0.142. The van der Waals surface area contributed by atoms with E-state index < -0.39 is 17.9 Å². The number of rotatable bonds is 5. The van der Waals surface area contributed by atoms with Crippen molar-refractivity contribution in [2.45, 2.75) is 12.5 Å². The van der Waals surface area contributed by atoms with Crippen molar-refractivity contribution < 1.29 is 14.3 Å².